The minimum Gasteiger partial charge on any atom is -0.478 e. The van der Waals surface area contributed by atoms with Crippen LogP contribution in [0.25, 0.3) is 0 Å². The Morgan fingerprint density at radius 3 is 2.60 bits per heavy atom. The van der Waals surface area contributed by atoms with Gasteiger partial charge in [0.2, 0.25) is 0 Å². The zero-order valence-electron chi connectivity index (χ0n) is 12.5. The number of furan rings is 1. The number of aryl methyl sites for hydroxylation is 1. The van der Waals surface area contributed by atoms with Gasteiger partial charge < -0.3 is 19.7 Å². The van der Waals surface area contributed by atoms with Crippen molar-refractivity contribution in [3.8, 4) is 0 Å². The van der Waals surface area contributed by atoms with Gasteiger partial charge in [-0.2, -0.15) is 0 Å². The van der Waals surface area contributed by atoms with Gasteiger partial charge in [-0.1, -0.05) is 12.8 Å². The van der Waals surface area contributed by atoms with Crippen LogP contribution in [-0.2, 0) is 6.54 Å². The highest BCUT2D eigenvalue weighted by Crippen LogP contribution is 2.33. The summed E-state index contributed by atoms with van der Waals surface area (Å²) in [6.07, 6.45) is 4.99. The van der Waals surface area contributed by atoms with E-state index in [0.717, 1.165) is 6.54 Å². The number of carboxylic acids is 1. The van der Waals surface area contributed by atoms with Gasteiger partial charge >= 0.3 is 5.97 Å². The van der Waals surface area contributed by atoms with Crippen LogP contribution in [-0.4, -0.2) is 42.2 Å². The Morgan fingerprint density at radius 2 is 2.10 bits per heavy atom. The molecular formula is C15H24N2O3. The third kappa shape index (κ3) is 3.04. The number of nitrogens with zero attached hydrogens (tertiary/aromatic N) is 1. The zero-order valence-corrected chi connectivity index (χ0v) is 12.5. The number of hydrogen-bond acceptors (Lipinski definition) is 4. The number of hydrogen-bond donors (Lipinski definition) is 2. The number of aromatic carboxylic acids is 1. The second-order valence-electron chi connectivity index (χ2n) is 5.92. The fourth-order valence-electron chi connectivity index (χ4n) is 3.08. The quantitative estimate of drug-likeness (QED) is 0.836. The summed E-state index contributed by atoms with van der Waals surface area (Å²) < 4.78 is 5.48. The first kappa shape index (κ1) is 15.1. The fraction of sp³-hybridized carbons (Fsp3) is 0.667. The minimum atomic E-state index is -0.932. The van der Waals surface area contributed by atoms with Crippen LogP contribution in [0.4, 0.5) is 0 Å². The predicted octanol–water partition coefficient (Wildman–Crippen LogP) is 2.25. The van der Waals surface area contributed by atoms with Crippen molar-refractivity contribution >= 4 is 5.97 Å². The molecular weight excluding hydrogens is 256 g/mol. The Balaban J connectivity index is 1.92. The molecule has 0 amide bonds. The number of nitrogens with one attached hydrogen (secondary N) is 1. The molecule has 0 aromatic carbocycles. The average Bonchev–Trinajstić information content (AvgIpc) is 2.97. The van der Waals surface area contributed by atoms with E-state index in [1.165, 1.54) is 25.7 Å². The lowest BCUT2D eigenvalue weighted by Crippen LogP contribution is -2.49. The first-order valence-electron chi connectivity index (χ1n) is 7.15. The molecule has 5 heteroatoms. The molecule has 0 radical (unpaired) electrons. The first-order valence-corrected chi connectivity index (χ1v) is 7.15. The van der Waals surface area contributed by atoms with Crippen molar-refractivity contribution in [3.05, 3.63) is 23.2 Å². The van der Waals surface area contributed by atoms with E-state index in [4.69, 9.17) is 9.52 Å². The third-order valence-corrected chi connectivity index (χ3v) is 4.44. The Labute approximate surface area is 119 Å². The van der Waals surface area contributed by atoms with Gasteiger partial charge in [0.1, 0.15) is 17.1 Å². The maximum absolute atomic E-state index is 11.0. The van der Waals surface area contributed by atoms with Crippen LogP contribution in [0.3, 0.4) is 0 Å². The number of carbonyl (C=O) groups is 1. The minimum absolute atomic E-state index is 0.233. The number of likely N-dealkylation sites (N-methyl/N-ethyl adjacent to an activating group) is 1. The van der Waals surface area contributed by atoms with Crippen LogP contribution in [0.5, 0.6) is 0 Å². The SMILES string of the molecule is Cc1oc(CNCC2(N(C)C)CCCC2)cc1C(=O)O. The van der Waals surface area contributed by atoms with Gasteiger partial charge in [0, 0.05) is 12.1 Å². The zero-order chi connectivity index (χ0) is 14.8. The molecule has 0 unspecified atom stereocenters. The maximum atomic E-state index is 11.0. The lowest BCUT2D eigenvalue weighted by Gasteiger charge is -2.36. The average molecular weight is 280 g/mol. The molecule has 0 atom stereocenters. The number of rotatable bonds is 6. The predicted molar refractivity (Wildman–Crippen MR) is 77.0 cm³/mol. The van der Waals surface area contributed by atoms with Crippen molar-refractivity contribution in [2.45, 2.75) is 44.7 Å². The van der Waals surface area contributed by atoms with Gasteiger partial charge in [0.25, 0.3) is 0 Å². The Morgan fingerprint density at radius 1 is 1.45 bits per heavy atom. The lowest BCUT2D eigenvalue weighted by atomic mass is 9.96. The molecule has 0 bridgehead atoms. The largest absolute Gasteiger partial charge is 0.478 e. The fourth-order valence-corrected chi connectivity index (χ4v) is 3.08. The molecule has 1 heterocycles. The topological polar surface area (TPSA) is 65.7 Å². The molecule has 1 aliphatic rings. The van der Waals surface area contributed by atoms with Crippen molar-refractivity contribution in [2.24, 2.45) is 0 Å². The Kier molecular flexibility index (Phi) is 4.50. The summed E-state index contributed by atoms with van der Waals surface area (Å²) in [5, 5.41) is 12.4. The van der Waals surface area contributed by atoms with E-state index in [9.17, 15) is 4.79 Å². The van der Waals surface area contributed by atoms with Gasteiger partial charge in [0.15, 0.2) is 0 Å². The van der Waals surface area contributed by atoms with E-state index in [0.29, 0.717) is 18.1 Å². The smallest absolute Gasteiger partial charge is 0.339 e. The molecule has 5 nitrogen and oxygen atoms in total. The second kappa shape index (κ2) is 5.97. The number of carboxylic acid groups (broad SMARTS) is 1. The summed E-state index contributed by atoms with van der Waals surface area (Å²) in [6.45, 7) is 3.16. The van der Waals surface area contributed by atoms with E-state index in [-0.39, 0.29) is 11.1 Å². The highest BCUT2D eigenvalue weighted by atomic mass is 16.4. The lowest BCUT2D eigenvalue weighted by molar-refractivity contribution is 0.0695. The Bertz CT molecular complexity index is 473. The van der Waals surface area contributed by atoms with Crippen LogP contribution >= 0.6 is 0 Å². The first-order chi connectivity index (χ1) is 9.44. The highest BCUT2D eigenvalue weighted by molar-refractivity contribution is 5.88. The molecule has 0 saturated heterocycles. The highest BCUT2D eigenvalue weighted by Gasteiger charge is 2.35. The molecule has 1 aliphatic carbocycles. The monoisotopic (exact) mass is 280 g/mol. The normalized spacial score (nSPS) is 17.8. The van der Waals surface area contributed by atoms with Crippen LogP contribution < -0.4 is 5.32 Å². The van der Waals surface area contributed by atoms with Gasteiger partial charge in [0.05, 0.1) is 6.54 Å². The van der Waals surface area contributed by atoms with Crippen molar-refractivity contribution in [3.63, 3.8) is 0 Å². The van der Waals surface area contributed by atoms with Crippen molar-refractivity contribution in [2.75, 3.05) is 20.6 Å². The Hall–Kier alpha value is -1.33. The summed E-state index contributed by atoms with van der Waals surface area (Å²) >= 11 is 0. The van der Waals surface area contributed by atoms with E-state index in [1.807, 2.05) is 0 Å². The summed E-state index contributed by atoms with van der Waals surface area (Å²) in [7, 11) is 4.26. The van der Waals surface area contributed by atoms with Crippen molar-refractivity contribution in [1.29, 1.82) is 0 Å². The molecule has 112 valence electrons. The van der Waals surface area contributed by atoms with E-state index < -0.39 is 5.97 Å². The third-order valence-electron chi connectivity index (χ3n) is 4.44. The maximum Gasteiger partial charge on any atom is 0.339 e. The van der Waals surface area contributed by atoms with Crippen molar-refractivity contribution in [1.82, 2.24) is 10.2 Å². The van der Waals surface area contributed by atoms with Crippen LogP contribution in [0.15, 0.2) is 10.5 Å². The molecule has 20 heavy (non-hydrogen) atoms. The van der Waals surface area contributed by atoms with E-state index in [1.54, 1.807) is 13.0 Å². The molecule has 1 saturated carbocycles. The molecule has 2 N–H and O–H groups in total. The summed E-state index contributed by atoms with van der Waals surface area (Å²) in [5.41, 5.74) is 0.488. The van der Waals surface area contributed by atoms with E-state index in [2.05, 4.69) is 24.3 Å². The summed E-state index contributed by atoms with van der Waals surface area (Å²) in [6, 6.07) is 1.61. The van der Waals surface area contributed by atoms with E-state index >= 15 is 0 Å². The van der Waals surface area contributed by atoms with Crippen LogP contribution in [0, 0.1) is 6.92 Å². The van der Waals surface area contributed by atoms with Gasteiger partial charge in [-0.05, 0) is 39.9 Å². The van der Waals surface area contributed by atoms with Gasteiger partial charge in [-0.3, -0.25) is 0 Å². The molecule has 1 aromatic heterocycles. The van der Waals surface area contributed by atoms with Crippen molar-refractivity contribution < 1.29 is 14.3 Å². The molecule has 0 aliphatic heterocycles. The standard InChI is InChI=1S/C15H24N2O3/c1-11-13(14(18)19)8-12(20-11)9-16-10-15(17(2)3)6-4-5-7-15/h8,16H,4-7,9-10H2,1-3H3,(H,18,19). The van der Waals surface area contributed by atoms with Gasteiger partial charge in [-0.15, -0.1) is 0 Å². The molecule has 1 aromatic rings. The summed E-state index contributed by atoms with van der Waals surface area (Å²) in [5.74, 6) is 0.224. The van der Waals surface area contributed by atoms with Crippen LogP contribution in [0.1, 0.15) is 47.6 Å². The summed E-state index contributed by atoms with van der Waals surface area (Å²) in [4.78, 5) is 13.3. The van der Waals surface area contributed by atoms with Crippen LogP contribution in [0.2, 0.25) is 0 Å². The molecule has 0 spiro atoms. The molecule has 1 fully saturated rings. The van der Waals surface area contributed by atoms with Gasteiger partial charge in [-0.25, -0.2) is 4.79 Å². The second-order valence-corrected chi connectivity index (χ2v) is 5.92. The molecule has 2 rings (SSSR count).